The number of nitrogens with one attached hydrogen (secondary N) is 1. The van der Waals surface area contributed by atoms with Crippen LogP contribution in [-0.4, -0.2) is 36.5 Å². The van der Waals surface area contributed by atoms with Crippen LogP contribution in [0.4, 0.5) is 11.4 Å². The highest BCUT2D eigenvalue weighted by atomic mass is 16.7. The standard InChI is InChI=1S/C22H21N3O5/c26-25(27)18-5-4-17(21-16(18)2-1-9-23-21)24-13-22(7-10-28-11-8-22)15-3-6-19-20(12-15)30-14-29-19/h1-6,9,12,24H,7-8,10-11,13-14H2. The van der Waals surface area contributed by atoms with Crippen LogP contribution >= 0.6 is 0 Å². The SMILES string of the molecule is O=[N+]([O-])c1ccc(NCC2(c3ccc4c(c3)OCO4)CCOCC2)c2ncccc12. The molecule has 0 aliphatic carbocycles. The van der Waals surface area contributed by atoms with Crippen LogP contribution in [0.5, 0.6) is 11.5 Å². The fourth-order valence-electron chi connectivity index (χ4n) is 4.28. The van der Waals surface area contributed by atoms with Crippen molar-refractivity contribution in [2.45, 2.75) is 18.3 Å². The molecule has 0 saturated carbocycles. The maximum Gasteiger partial charge on any atom is 0.278 e. The van der Waals surface area contributed by atoms with Gasteiger partial charge in [0.15, 0.2) is 11.5 Å². The zero-order valence-corrected chi connectivity index (χ0v) is 16.3. The molecule has 5 rings (SSSR count). The van der Waals surface area contributed by atoms with Gasteiger partial charge in [-0.15, -0.1) is 0 Å². The summed E-state index contributed by atoms with van der Waals surface area (Å²) in [7, 11) is 0. The first-order valence-electron chi connectivity index (χ1n) is 9.90. The van der Waals surface area contributed by atoms with Crippen molar-refractivity contribution in [1.29, 1.82) is 0 Å². The van der Waals surface area contributed by atoms with Crippen LogP contribution in [0.2, 0.25) is 0 Å². The molecule has 1 saturated heterocycles. The highest BCUT2D eigenvalue weighted by Gasteiger charge is 2.36. The van der Waals surface area contributed by atoms with Crippen LogP contribution in [0.3, 0.4) is 0 Å². The lowest BCUT2D eigenvalue weighted by molar-refractivity contribution is -0.383. The number of rotatable bonds is 5. The van der Waals surface area contributed by atoms with Gasteiger partial charge in [-0.05, 0) is 48.7 Å². The van der Waals surface area contributed by atoms with E-state index in [-0.39, 0.29) is 22.8 Å². The summed E-state index contributed by atoms with van der Waals surface area (Å²) in [4.78, 5) is 15.4. The van der Waals surface area contributed by atoms with Crippen molar-refractivity contribution in [2.24, 2.45) is 0 Å². The molecule has 0 bridgehead atoms. The van der Waals surface area contributed by atoms with E-state index in [2.05, 4.69) is 22.4 Å². The molecule has 1 N–H and O–H groups in total. The summed E-state index contributed by atoms with van der Waals surface area (Å²) in [5.74, 6) is 1.53. The maximum atomic E-state index is 11.4. The minimum Gasteiger partial charge on any atom is -0.454 e. The quantitative estimate of drug-likeness (QED) is 0.504. The highest BCUT2D eigenvalue weighted by Crippen LogP contribution is 2.41. The molecular weight excluding hydrogens is 386 g/mol. The van der Waals surface area contributed by atoms with E-state index in [9.17, 15) is 10.1 Å². The fourth-order valence-corrected chi connectivity index (χ4v) is 4.28. The van der Waals surface area contributed by atoms with Crippen molar-refractivity contribution in [3.8, 4) is 11.5 Å². The number of nitro benzene ring substituents is 1. The highest BCUT2D eigenvalue weighted by molar-refractivity contribution is 5.96. The van der Waals surface area contributed by atoms with Gasteiger partial charge in [0.2, 0.25) is 6.79 Å². The zero-order valence-electron chi connectivity index (χ0n) is 16.3. The lowest BCUT2D eigenvalue weighted by Gasteiger charge is -2.38. The number of anilines is 1. The van der Waals surface area contributed by atoms with Gasteiger partial charge < -0.3 is 19.5 Å². The molecule has 2 aliphatic rings. The molecule has 3 heterocycles. The Morgan fingerprint density at radius 3 is 2.77 bits per heavy atom. The Bertz CT molecular complexity index is 1110. The third-order valence-corrected chi connectivity index (χ3v) is 6.00. The van der Waals surface area contributed by atoms with Gasteiger partial charge in [0.05, 0.1) is 16.0 Å². The molecule has 154 valence electrons. The number of aromatic nitrogens is 1. The zero-order chi connectivity index (χ0) is 20.6. The molecule has 2 aliphatic heterocycles. The first-order chi connectivity index (χ1) is 14.7. The number of hydrogen-bond acceptors (Lipinski definition) is 7. The summed E-state index contributed by atoms with van der Waals surface area (Å²) < 4.78 is 16.7. The number of fused-ring (bicyclic) bond motifs is 2. The summed E-state index contributed by atoms with van der Waals surface area (Å²) in [5, 5.41) is 15.4. The van der Waals surface area contributed by atoms with Gasteiger partial charge in [0, 0.05) is 37.4 Å². The van der Waals surface area contributed by atoms with Crippen LogP contribution in [-0.2, 0) is 10.2 Å². The van der Waals surface area contributed by atoms with Crippen molar-refractivity contribution < 1.29 is 19.1 Å². The number of hydrogen-bond donors (Lipinski definition) is 1. The molecule has 2 aromatic carbocycles. The van der Waals surface area contributed by atoms with Gasteiger partial charge in [-0.1, -0.05) is 6.07 Å². The maximum absolute atomic E-state index is 11.4. The summed E-state index contributed by atoms with van der Waals surface area (Å²) in [5.41, 5.74) is 2.45. The third-order valence-electron chi connectivity index (χ3n) is 6.00. The molecule has 0 spiro atoms. The molecule has 8 heteroatoms. The van der Waals surface area contributed by atoms with Gasteiger partial charge in [0.25, 0.3) is 5.69 Å². The van der Waals surface area contributed by atoms with Crippen LogP contribution < -0.4 is 14.8 Å². The van der Waals surface area contributed by atoms with E-state index in [1.165, 1.54) is 11.6 Å². The number of non-ortho nitro benzene ring substituents is 1. The lowest BCUT2D eigenvalue weighted by atomic mass is 9.74. The molecule has 0 atom stereocenters. The second kappa shape index (κ2) is 7.46. The predicted octanol–water partition coefficient (Wildman–Crippen LogP) is 4.03. The molecule has 0 amide bonds. The van der Waals surface area contributed by atoms with Gasteiger partial charge in [-0.25, -0.2) is 0 Å². The average molecular weight is 407 g/mol. The van der Waals surface area contributed by atoms with E-state index < -0.39 is 0 Å². The second-order valence-corrected chi connectivity index (χ2v) is 7.60. The fraction of sp³-hybridized carbons (Fsp3) is 0.318. The lowest BCUT2D eigenvalue weighted by Crippen LogP contribution is -2.40. The number of nitrogens with zero attached hydrogens (tertiary/aromatic N) is 2. The number of pyridine rings is 1. The summed E-state index contributed by atoms with van der Waals surface area (Å²) in [6.45, 7) is 2.25. The Hall–Kier alpha value is -3.39. The molecular formula is C22H21N3O5. The minimum atomic E-state index is -0.375. The normalized spacial score (nSPS) is 17.1. The van der Waals surface area contributed by atoms with E-state index in [1.54, 1.807) is 24.4 Å². The van der Waals surface area contributed by atoms with Crippen LogP contribution in [0, 0.1) is 10.1 Å². The molecule has 0 unspecified atom stereocenters. The first-order valence-corrected chi connectivity index (χ1v) is 9.90. The van der Waals surface area contributed by atoms with E-state index in [4.69, 9.17) is 14.2 Å². The summed E-state index contributed by atoms with van der Waals surface area (Å²) in [6.07, 6.45) is 3.37. The molecule has 30 heavy (non-hydrogen) atoms. The van der Waals surface area contributed by atoms with Gasteiger partial charge >= 0.3 is 0 Å². The van der Waals surface area contributed by atoms with Crippen molar-refractivity contribution >= 4 is 22.3 Å². The monoisotopic (exact) mass is 407 g/mol. The van der Waals surface area contributed by atoms with Crippen LogP contribution in [0.15, 0.2) is 48.7 Å². The van der Waals surface area contributed by atoms with E-state index in [1.807, 2.05) is 6.07 Å². The van der Waals surface area contributed by atoms with Crippen LogP contribution in [0.1, 0.15) is 18.4 Å². The van der Waals surface area contributed by atoms with Gasteiger partial charge in [-0.2, -0.15) is 0 Å². The molecule has 1 aromatic heterocycles. The Kier molecular flexibility index (Phi) is 4.63. The van der Waals surface area contributed by atoms with Crippen molar-refractivity contribution in [1.82, 2.24) is 4.98 Å². The summed E-state index contributed by atoms with van der Waals surface area (Å²) >= 11 is 0. The predicted molar refractivity (Wildman–Crippen MR) is 111 cm³/mol. The van der Waals surface area contributed by atoms with Gasteiger partial charge in [0.1, 0.15) is 5.52 Å². The molecule has 1 fully saturated rings. The van der Waals surface area contributed by atoms with E-state index in [0.29, 0.717) is 30.7 Å². The summed E-state index contributed by atoms with van der Waals surface area (Å²) in [6, 6.07) is 12.8. The molecule has 3 aromatic rings. The van der Waals surface area contributed by atoms with Crippen LogP contribution in [0.25, 0.3) is 10.9 Å². The van der Waals surface area contributed by atoms with Gasteiger partial charge in [-0.3, -0.25) is 15.1 Å². The number of nitro groups is 1. The Balaban J connectivity index is 1.49. The van der Waals surface area contributed by atoms with Crippen molar-refractivity contribution in [2.75, 3.05) is 31.9 Å². The Morgan fingerprint density at radius 1 is 1.10 bits per heavy atom. The van der Waals surface area contributed by atoms with Crippen molar-refractivity contribution in [3.63, 3.8) is 0 Å². The van der Waals surface area contributed by atoms with E-state index >= 15 is 0 Å². The number of ether oxygens (including phenoxy) is 3. The topological polar surface area (TPSA) is 95.8 Å². The largest absolute Gasteiger partial charge is 0.454 e. The third kappa shape index (κ3) is 3.19. The molecule has 0 radical (unpaired) electrons. The van der Waals surface area contributed by atoms with Crippen molar-refractivity contribution in [3.05, 3.63) is 64.3 Å². The first kappa shape index (κ1) is 18.6. The second-order valence-electron chi connectivity index (χ2n) is 7.60. The number of benzene rings is 2. The Morgan fingerprint density at radius 2 is 1.93 bits per heavy atom. The average Bonchev–Trinajstić information content (AvgIpc) is 3.26. The Labute approximate surface area is 172 Å². The van der Waals surface area contributed by atoms with E-state index in [0.717, 1.165) is 30.0 Å². The smallest absolute Gasteiger partial charge is 0.278 e. The molecule has 8 nitrogen and oxygen atoms in total. The minimum absolute atomic E-state index is 0.0557.